The molecule has 0 aliphatic rings. The Morgan fingerprint density at radius 1 is 1.27 bits per heavy atom. The molecule has 1 rings (SSSR count). The summed E-state index contributed by atoms with van der Waals surface area (Å²) in [6.07, 6.45) is 0.690. The van der Waals surface area contributed by atoms with Gasteiger partial charge in [0.05, 0.1) is 0 Å². The van der Waals surface area contributed by atoms with E-state index in [-0.39, 0.29) is 6.61 Å². The van der Waals surface area contributed by atoms with Gasteiger partial charge in [0.15, 0.2) is 0 Å². The van der Waals surface area contributed by atoms with Crippen LogP contribution in [0.5, 0.6) is 0 Å². The molecule has 0 aliphatic heterocycles. The first-order valence-electron chi connectivity index (χ1n) is 4.38. The Hall–Kier alpha value is -1.49. The molecule has 2 N–H and O–H groups in total. The lowest BCUT2D eigenvalue weighted by atomic mass is 10.1. The normalized spacial score (nSPS) is 10.3. The summed E-state index contributed by atoms with van der Waals surface area (Å²) in [5, 5.41) is 17.0. The van der Waals surface area contributed by atoms with Gasteiger partial charge >= 0.3 is 5.97 Å². The third-order valence-corrected chi connectivity index (χ3v) is 1.94. The minimum atomic E-state index is -1.63. The van der Waals surface area contributed by atoms with Gasteiger partial charge in [-0.05, 0) is 30.5 Å². The van der Waals surface area contributed by atoms with Gasteiger partial charge in [-0.25, -0.2) is 13.6 Å². The van der Waals surface area contributed by atoms with Crippen molar-refractivity contribution in [2.75, 3.05) is 6.61 Å². The molecule has 1 aromatic rings. The standard InChI is InChI=1S/C10H10F2O3/c11-7-4-6(2-1-3-13)5-8(12)9(7)10(14)15/h4-5,13H,1-3H2,(H,14,15). The van der Waals surface area contributed by atoms with Crippen LogP contribution in [0.3, 0.4) is 0 Å². The molecule has 0 aromatic heterocycles. The maximum atomic E-state index is 13.1. The molecule has 1 aromatic carbocycles. The van der Waals surface area contributed by atoms with Gasteiger partial charge in [0.1, 0.15) is 17.2 Å². The second-order valence-electron chi connectivity index (χ2n) is 3.07. The van der Waals surface area contributed by atoms with E-state index in [0.29, 0.717) is 18.4 Å². The fourth-order valence-corrected chi connectivity index (χ4v) is 1.26. The van der Waals surface area contributed by atoms with Gasteiger partial charge in [0, 0.05) is 6.61 Å². The molecule has 0 bridgehead atoms. The largest absolute Gasteiger partial charge is 0.477 e. The Kier molecular flexibility index (Phi) is 3.74. The first kappa shape index (κ1) is 11.6. The van der Waals surface area contributed by atoms with E-state index in [1.807, 2.05) is 0 Å². The van der Waals surface area contributed by atoms with E-state index >= 15 is 0 Å². The zero-order valence-electron chi connectivity index (χ0n) is 7.83. The number of aromatic carboxylic acids is 1. The van der Waals surface area contributed by atoms with E-state index in [0.717, 1.165) is 12.1 Å². The van der Waals surface area contributed by atoms with Crippen molar-refractivity contribution >= 4 is 5.97 Å². The number of carboxylic acid groups (broad SMARTS) is 1. The molecule has 0 atom stereocenters. The summed E-state index contributed by atoms with van der Waals surface area (Å²) in [5.41, 5.74) is -0.605. The van der Waals surface area contributed by atoms with Crippen LogP contribution in [0.2, 0.25) is 0 Å². The lowest BCUT2D eigenvalue weighted by Gasteiger charge is -2.04. The van der Waals surface area contributed by atoms with E-state index in [1.165, 1.54) is 0 Å². The third kappa shape index (κ3) is 2.73. The van der Waals surface area contributed by atoms with Crippen molar-refractivity contribution in [1.82, 2.24) is 0 Å². The summed E-state index contributed by atoms with van der Waals surface area (Å²) in [7, 11) is 0. The van der Waals surface area contributed by atoms with E-state index < -0.39 is 23.2 Å². The number of hydrogen-bond donors (Lipinski definition) is 2. The zero-order valence-corrected chi connectivity index (χ0v) is 7.83. The van der Waals surface area contributed by atoms with Crippen molar-refractivity contribution < 1.29 is 23.8 Å². The molecular weight excluding hydrogens is 206 g/mol. The molecule has 0 amide bonds. The smallest absolute Gasteiger partial charge is 0.341 e. The van der Waals surface area contributed by atoms with Crippen molar-refractivity contribution in [3.8, 4) is 0 Å². The van der Waals surface area contributed by atoms with Crippen LogP contribution >= 0.6 is 0 Å². The number of aliphatic hydroxyl groups excluding tert-OH is 1. The van der Waals surface area contributed by atoms with Gasteiger partial charge in [0.2, 0.25) is 0 Å². The highest BCUT2D eigenvalue weighted by atomic mass is 19.1. The van der Waals surface area contributed by atoms with Crippen LogP contribution < -0.4 is 0 Å². The molecule has 0 fully saturated rings. The molecule has 3 nitrogen and oxygen atoms in total. The second kappa shape index (κ2) is 4.84. The Balaban J connectivity index is 3.03. The molecular formula is C10H10F2O3. The topological polar surface area (TPSA) is 57.5 Å². The summed E-state index contributed by atoms with van der Waals surface area (Å²) in [5.74, 6) is -3.80. The molecule has 0 heterocycles. The summed E-state index contributed by atoms with van der Waals surface area (Å²) >= 11 is 0. The summed E-state index contributed by atoms with van der Waals surface area (Å²) in [6, 6.07) is 1.95. The number of halogens is 2. The van der Waals surface area contributed by atoms with Gasteiger partial charge in [-0.15, -0.1) is 0 Å². The predicted octanol–water partition coefficient (Wildman–Crippen LogP) is 1.59. The maximum Gasteiger partial charge on any atom is 0.341 e. The Morgan fingerprint density at radius 3 is 2.20 bits per heavy atom. The number of aliphatic hydroxyl groups is 1. The van der Waals surface area contributed by atoms with Crippen LogP contribution in [0.4, 0.5) is 8.78 Å². The highest BCUT2D eigenvalue weighted by Gasteiger charge is 2.17. The SMILES string of the molecule is O=C(O)c1c(F)cc(CCCO)cc1F. The Labute approximate surface area is 85.0 Å². The predicted molar refractivity (Wildman–Crippen MR) is 48.7 cm³/mol. The molecule has 82 valence electrons. The lowest BCUT2D eigenvalue weighted by molar-refractivity contribution is 0.0686. The quantitative estimate of drug-likeness (QED) is 0.803. The van der Waals surface area contributed by atoms with Gasteiger partial charge in [-0.3, -0.25) is 0 Å². The van der Waals surface area contributed by atoms with E-state index in [4.69, 9.17) is 10.2 Å². The lowest BCUT2D eigenvalue weighted by Crippen LogP contribution is -2.06. The first-order chi connectivity index (χ1) is 7.06. The van der Waals surface area contributed by atoms with Crippen LogP contribution in [0.1, 0.15) is 22.3 Å². The van der Waals surface area contributed by atoms with Crippen LogP contribution in [0.15, 0.2) is 12.1 Å². The van der Waals surface area contributed by atoms with Crippen molar-refractivity contribution in [3.63, 3.8) is 0 Å². The molecule has 0 saturated carbocycles. The summed E-state index contributed by atoms with van der Waals surface area (Å²) in [6.45, 7) is -0.0794. The van der Waals surface area contributed by atoms with Gasteiger partial charge in [0.25, 0.3) is 0 Å². The van der Waals surface area contributed by atoms with Crippen LogP contribution in [-0.2, 0) is 6.42 Å². The molecule has 0 radical (unpaired) electrons. The average molecular weight is 216 g/mol. The highest BCUT2D eigenvalue weighted by Crippen LogP contribution is 2.16. The van der Waals surface area contributed by atoms with Crippen LogP contribution in [0.25, 0.3) is 0 Å². The number of carbonyl (C=O) groups is 1. The number of hydrogen-bond acceptors (Lipinski definition) is 2. The molecule has 15 heavy (non-hydrogen) atoms. The monoisotopic (exact) mass is 216 g/mol. The third-order valence-electron chi connectivity index (χ3n) is 1.94. The van der Waals surface area contributed by atoms with Gasteiger partial charge in [-0.2, -0.15) is 0 Å². The van der Waals surface area contributed by atoms with E-state index in [1.54, 1.807) is 0 Å². The minimum absolute atomic E-state index is 0.0794. The maximum absolute atomic E-state index is 13.1. The minimum Gasteiger partial charge on any atom is -0.477 e. The van der Waals surface area contributed by atoms with Crippen molar-refractivity contribution in [3.05, 3.63) is 34.9 Å². The fraction of sp³-hybridized carbons (Fsp3) is 0.300. The molecule has 0 unspecified atom stereocenters. The molecule has 0 saturated heterocycles. The number of aryl methyl sites for hydroxylation is 1. The molecule has 0 spiro atoms. The number of benzene rings is 1. The van der Waals surface area contributed by atoms with Crippen LogP contribution in [-0.4, -0.2) is 22.8 Å². The van der Waals surface area contributed by atoms with Crippen molar-refractivity contribution in [2.24, 2.45) is 0 Å². The van der Waals surface area contributed by atoms with Gasteiger partial charge in [-0.1, -0.05) is 0 Å². The number of carboxylic acids is 1. The Morgan fingerprint density at radius 2 is 1.80 bits per heavy atom. The second-order valence-corrected chi connectivity index (χ2v) is 3.07. The summed E-state index contributed by atoms with van der Waals surface area (Å²) < 4.78 is 26.2. The summed E-state index contributed by atoms with van der Waals surface area (Å²) in [4.78, 5) is 10.4. The van der Waals surface area contributed by atoms with E-state index in [2.05, 4.69) is 0 Å². The Bertz CT molecular complexity index is 354. The zero-order chi connectivity index (χ0) is 11.4. The molecule has 5 heteroatoms. The van der Waals surface area contributed by atoms with E-state index in [9.17, 15) is 13.6 Å². The fourth-order valence-electron chi connectivity index (χ4n) is 1.26. The average Bonchev–Trinajstić information content (AvgIpc) is 2.12. The first-order valence-corrected chi connectivity index (χ1v) is 4.38. The van der Waals surface area contributed by atoms with Crippen molar-refractivity contribution in [1.29, 1.82) is 0 Å². The number of rotatable bonds is 4. The van der Waals surface area contributed by atoms with Crippen LogP contribution in [0, 0.1) is 11.6 Å². The van der Waals surface area contributed by atoms with Gasteiger partial charge < -0.3 is 10.2 Å². The highest BCUT2D eigenvalue weighted by molar-refractivity contribution is 5.88. The molecule has 0 aliphatic carbocycles. The van der Waals surface area contributed by atoms with Crippen molar-refractivity contribution in [2.45, 2.75) is 12.8 Å².